The van der Waals surface area contributed by atoms with Gasteiger partial charge in [-0.05, 0) is 43.2 Å². The van der Waals surface area contributed by atoms with Crippen molar-refractivity contribution in [3.05, 3.63) is 77.5 Å². The minimum atomic E-state index is -0.943. The van der Waals surface area contributed by atoms with E-state index in [9.17, 15) is 18.7 Å². The van der Waals surface area contributed by atoms with Crippen LogP contribution in [-0.2, 0) is 6.54 Å². The van der Waals surface area contributed by atoms with Crippen LogP contribution in [0.1, 0.15) is 28.8 Å². The third kappa shape index (κ3) is 5.38. The van der Waals surface area contributed by atoms with Gasteiger partial charge in [0.15, 0.2) is 11.6 Å². The molecule has 4 rings (SSSR count). The molecular weight excluding hydrogens is 428 g/mol. The van der Waals surface area contributed by atoms with Gasteiger partial charge in [0.25, 0.3) is 5.91 Å². The van der Waals surface area contributed by atoms with Gasteiger partial charge in [0.2, 0.25) is 0 Å². The number of hydrogen-bond acceptors (Lipinski definition) is 6. The first-order valence-corrected chi connectivity index (χ1v) is 10.7. The summed E-state index contributed by atoms with van der Waals surface area (Å²) >= 11 is 0. The number of carbonyl (C=O) groups is 1. The number of nitrogens with zero attached hydrogens (tertiary/aromatic N) is 2. The van der Waals surface area contributed by atoms with Gasteiger partial charge in [-0.3, -0.25) is 4.79 Å². The zero-order valence-electron chi connectivity index (χ0n) is 17.9. The third-order valence-corrected chi connectivity index (χ3v) is 5.64. The smallest absolute Gasteiger partial charge is 0.252 e. The van der Waals surface area contributed by atoms with Crippen LogP contribution in [0.5, 0.6) is 0 Å². The second-order valence-electron chi connectivity index (χ2n) is 7.94. The minimum Gasteiger partial charge on any atom is -0.393 e. The number of hydrogen-bond donors (Lipinski definition) is 4. The van der Waals surface area contributed by atoms with E-state index in [0.717, 1.165) is 43.4 Å². The van der Waals surface area contributed by atoms with E-state index < -0.39 is 17.5 Å². The second-order valence-corrected chi connectivity index (χ2v) is 7.94. The lowest BCUT2D eigenvalue weighted by Gasteiger charge is -2.31. The van der Waals surface area contributed by atoms with Crippen molar-refractivity contribution in [2.75, 3.05) is 28.6 Å². The van der Waals surface area contributed by atoms with Crippen molar-refractivity contribution in [2.45, 2.75) is 25.5 Å². The zero-order valence-corrected chi connectivity index (χ0v) is 17.9. The fourth-order valence-electron chi connectivity index (χ4n) is 3.77. The Morgan fingerprint density at radius 3 is 2.58 bits per heavy atom. The van der Waals surface area contributed by atoms with Gasteiger partial charge in [-0.15, -0.1) is 0 Å². The van der Waals surface area contributed by atoms with E-state index >= 15 is 0 Å². The van der Waals surface area contributed by atoms with Gasteiger partial charge in [0.05, 0.1) is 17.4 Å². The Morgan fingerprint density at radius 2 is 1.88 bits per heavy atom. The molecule has 5 N–H and O–H groups in total. The van der Waals surface area contributed by atoms with E-state index in [0.29, 0.717) is 11.5 Å². The normalized spacial score (nSPS) is 14.2. The number of piperidine rings is 1. The standard InChI is InChI=1S/C24H25F2N5O2/c25-20-3-1-2-15(23(20)26)13-28-21-12-22(29-14-19(21)24(27)33)30-16-4-6-17(7-5-16)31-10-8-18(32)9-11-31/h1-7,12,14,18,32H,8-11,13H2,(H2,27,33)(H2,28,29,30). The lowest BCUT2D eigenvalue weighted by Crippen LogP contribution is -2.35. The van der Waals surface area contributed by atoms with Gasteiger partial charge >= 0.3 is 0 Å². The molecule has 3 aromatic rings. The van der Waals surface area contributed by atoms with Gasteiger partial charge in [-0.25, -0.2) is 13.8 Å². The van der Waals surface area contributed by atoms with Crippen LogP contribution in [0.25, 0.3) is 0 Å². The Labute approximate surface area is 190 Å². The summed E-state index contributed by atoms with van der Waals surface area (Å²) in [5.74, 6) is -2.12. The number of pyridine rings is 1. The van der Waals surface area contributed by atoms with E-state index in [1.807, 2.05) is 24.3 Å². The van der Waals surface area contributed by atoms with Crippen LogP contribution >= 0.6 is 0 Å². The van der Waals surface area contributed by atoms with Gasteiger partial charge in [-0.2, -0.15) is 0 Å². The molecule has 1 saturated heterocycles. The predicted octanol–water partition coefficient (Wildman–Crippen LogP) is 3.78. The molecule has 0 aliphatic carbocycles. The van der Waals surface area contributed by atoms with Crippen LogP contribution in [0.4, 0.5) is 31.7 Å². The molecule has 2 heterocycles. The number of aliphatic hydroxyl groups excluding tert-OH is 1. The third-order valence-electron chi connectivity index (χ3n) is 5.64. The van der Waals surface area contributed by atoms with E-state index in [1.54, 1.807) is 6.07 Å². The maximum absolute atomic E-state index is 14.0. The molecule has 2 aromatic carbocycles. The Morgan fingerprint density at radius 1 is 1.15 bits per heavy atom. The van der Waals surface area contributed by atoms with Crippen LogP contribution in [-0.4, -0.2) is 35.2 Å². The molecule has 172 valence electrons. The molecule has 0 atom stereocenters. The Bertz CT molecular complexity index is 1130. The number of primary amides is 1. The second kappa shape index (κ2) is 9.83. The largest absolute Gasteiger partial charge is 0.393 e. The monoisotopic (exact) mass is 453 g/mol. The highest BCUT2D eigenvalue weighted by molar-refractivity contribution is 5.98. The van der Waals surface area contributed by atoms with Crippen molar-refractivity contribution >= 4 is 28.8 Å². The molecule has 1 aromatic heterocycles. The molecule has 33 heavy (non-hydrogen) atoms. The maximum atomic E-state index is 14.0. The van der Waals surface area contributed by atoms with E-state index in [4.69, 9.17) is 5.73 Å². The number of nitrogens with two attached hydrogens (primary N) is 1. The lowest BCUT2D eigenvalue weighted by molar-refractivity contribution is 0.100. The fourth-order valence-corrected chi connectivity index (χ4v) is 3.77. The first kappa shape index (κ1) is 22.5. The number of carbonyl (C=O) groups excluding carboxylic acids is 1. The van der Waals surface area contributed by atoms with Crippen LogP contribution in [0.2, 0.25) is 0 Å². The zero-order chi connectivity index (χ0) is 23.4. The molecular formula is C24H25F2N5O2. The highest BCUT2D eigenvalue weighted by Crippen LogP contribution is 2.26. The van der Waals surface area contributed by atoms with Crippen molar-refractivity contribution in [1.29, 1.82) is 0 Å². The molecule has 1 aliphatic heterocycles. The SMILES string of the molecule is NC(=O)c1cnc(Nc2ccc(N3CCC(O)CC3)cc2)cc1NCc1cccc(F)c1F. The van der Waals surface area contributed by atoms with Crippen molar-refractivity contribution in [1.82, 2.24) is 4.98 Å². The number of amides is 1. The van der Waals surface area contributed by atoms with E-state index in [1.165, 1.54) is 18.3 Å². The van der Waals surface area contributed by atoms with Gasteiger partial charge in [0.1, 0.15) is 5.82 Å². The molecule has 0 saturated carbocycles. The Balaban J connectivity index is 1.48. The number of aromatic nitrogens is 1. The lowest BCUT2D eigenvalue weighted by atomic mass is 10.1. The van der Waals surface area contributed by atoms with Crippen molar-refractivity contribution < 1.29 is 18.7 Å². The average Bonchev–Trinajstić information content (AvgIpc) is 2.81. The number of halogens is 2. The summed E-state index contributed by atoms with van der Waals surface area (Å²) in [5, 5.41) is 15.8. The van der Waals surface area contributed by atoms with Crippen molar-refractivity contribution in [3.63, 3.8) is 0 Å². The summed E-state index contributed by atoms with van der Waals surface area (Å²) in [6, 6.07) is 13.3. The van der Waals surface area contributed by atoms with Gasteiger partial charge < -0.3 is 26.4 Å². The first-order chi connectivity index (χ1) is 15.9. The maximum Gasteiger partial charge on any atom is 0.252 e. The summed E-state index contributed by atoms with van der Waals surface area (Å²) in [6.45, 7) is 1.59. The average molecular weight is 453 g/mol. The number of aliphatic hydroxyl groups is 1. The van der Waals surface area contributed by atoms with Crippen LogP contribution in [0.3, 0.4) is 0 Å². The molecule has 0 radical (unpaired) electrons. The number of nitrogens with one attached hydrogen (secondary N) is 2. The summed E-state index contributed by atoms with van der Waals surface area (Å²) < 4.78 is 27.4. The number of benzene rings is 2. The molecule has 0 unspecified atom stereocenters. The van der Waals surface area contributed by atoms with Crippen LogP contribution in [0.15, 0.2) is 54.7 Å². The highest BCUT2D eigenvalue weighted by atomic mass is 19.2. The molecule has 1 fully saturated rings. The Kier molecular flexibility index (Phi) is 6.69. The van der Waals surface area contributed by atoms with Crippen molar-refractivity contribution in [2.24, 2.45) is 5.73 Å². The fraction of sp³-hybridized carbons (Fsp3) is 0.250. The molecule has 9 heteroatoms. The molecule has 0 spiro atoms. The molecule has 7 nitrogen and oxygen atoms in total. The molecule has 0 bridgehead atoms. The summed E-state index contributed by atoms with van der Waals surface area (Å²) in [7, 11) is 0. The van der Waals surface area contributed by atoms with Crippen molar-refractivity contribution in [3.8, 4) is 0 Å². The van der Waals surface area contributed by atoms with Crippen LogP contribution < -0.4 is 21.3 Å². The summed E-state index contributed by atoms with van der Waals surface area (Å²) in [4.78, 5) is 18.3. The Hall–Kier alpha value is -3.72. The number of anilines is 4. The minimum absolute atomic E-state index is 0.0352. The number of rotatable bonds is 7. The molecule has 1 amide bonds. The first-order valence-electron chi connectivity index (χ1n) is 10.7. The van der Waals surface area contributed by atoms with Crippen LogP contribution in [0, 0.1) is 11.6 Å². The quantitative estimate of drug-likeness (QED) is 0.434. The highest BCUT2D eigenvalue weighted by Gasteiger charge is 2.17. The van der Waals surface area contributed by atoms with Gasteiger partial charge in [-0.1, -0.05) is 12.1 Å². The van der Waals surface area contributed by atoms with E-state index in [2.05, 4.69) is 20.5 Å². The summed E-state index contributed by atoms with van der Waals surface area (Å²) in [5.41, 5.74) is 7.92. The summed E-state index contributed by atoms with van der Waals surface area (Å²) in [6.07, 6.45) is 2.62. The van der Waals surface area contributed by atoms with E-state index in [-0.39, 0.29) is 23.8 Å². The predicted molar refractivity (Wildman–Crippen MR) is 124 cm³/mol. The van der Waals surface area contributed by atoms with Gasteiger partial charge in [0, 0.05) is 48.8 Å². The topological polar surface area (TPSA) is 104 Å². The molecule has 1 aliphatic rings.